The predicted molar refractivity (Wildman–Crippen MR) is 128 cm³/mol. The zero-order chi connectivity index (χ0) is 23.8. The van der Waals surface area contributed by atoms with Crippen molar-refractivity contribution < 1.29 is 9.59 Å². The number of nitroso groups, excluding NO2 is 1. The lowest BCUT2D eigenvalue weighted by Gasteiger charge is -2.41. The van der Waals surface area contributed by atoms with E-state index in [0.717, 1.165) is 22.5 Å². The Morgan fingerprint density at radius 2 is 2.06 bits per heavy atom. The molecule has 0 bridgehead atoms. The smallest absolute Gasteiger partial charge is 0.322 e. The summed E-state index contributed by atoms with van der Waals surface area (Å²) >= 11 is 0. The highest BCUT2D eigenvalue weighted by Gasteiger charge is 2.36. The predicted octanol–water partition coefficient (Wildman–Crippen LogP) is 2.17. The molecule has 0 aliphatic carbocycles. The number of nitrogens with one attached hydrogen (secondary N) is 2. The Morgan fingerprint density at radius 3 is 2.76 bits per heavy atom. The summed E-state index contributed by atoms with van der Waals surface area (Å²) in [5, 5.41) is 8.97. The van der Waals surface area contributed by atoms with Crippen LogP contribution in [0.5, 0.6) is 0 Å². The van der Waals surface area contributed by atoms with Crippen LogP contribution in [0.3, 0.4) is 0 Å². The van der Waals surface area contributed by atoms with Gasteiger partial charge in [0.15, 0.2) is 6.04 Å². The molecule has 1 unspecified atom stereocenters. The third-order valence-electron chi connectivity index (χ3n) is 6.52. The van der Waals surface area contributed by atoms with E-state index in [4.69, 9.17) is 4.98 Å². The first-order valence-electron chi connectivity index (χ1n) is 11.4. The van der Waals surface area contributed by atoms with Crippen molar-refractivity contribution in [3.8, 4) is 0 Å². The lowest BCUT2D eigenvalue weighted by atomic mass is 9.99. The van der Waals surface area contributed by atoms with Crippen molar-refractivity contribution in [1.29, 1.82) is 0 Å². The minimum Gasteiger partial charge on any atom is -0.369 e. The van der Waals surface area contributed by atoms with Gasteiger partial charge in [-0.1, -0.05) is 5.18 Å². The van der Waals surface area contributed by atoms with Crippen LogP contribution in [-0.2, 0) is 11.3 Å². The number of piperidine rings is 1. The van der Waals surface area contributed by atoms with Gasteiger partial charge < -0.3 is 15.5 Å². The molecule has 2 aromatic rings. The van der Waals surface area contributed by atoms with Crippen LogP contribution in [-0.4, -0.2) is 64.4 Å². The van der Waals surface area contributed by atoms with Gasteiger partial charge in [-0.15, -0.1) is 4.91 Å². The Balaban J connectivity index is 1.49. The Kier molecular flexibility index (Phi) is 5.68. The van der Waals surface area contributed by atoms with Gasteiger partial charge in [0.05, 0.1) is 16.9 Å². The summed E-state index contributed by atoms with van der Waals surface area (Å²) in [5.41, 5.74) is 4.62. The van der Waals surface area contributed by atoms with Crippen molar-refractivity contribution in [2.75, 3.05) is 18.0 Å². The molecule has 3 aliphatic heterocycles. The van der Waals surface area contributed by atoms with Crippen molar-refractivity contribution >= 4 is 40.4 Å². The topological polar surface area (TPSA) is 132 Å². The van der Waals surface area contributed by atoms with E-state index in [2.05, 4.69) is 25.8 Å². The van der Waals surface area contributed by atoms with E-state index >= 15 is 0 Å². The molecule has 2 aromatic heterocycles. The molecule has 1 fully saturated rings. The second kappa shape index (κ2) is 8.81. The van der Waals surface area contributed by atoms with Crippen LogP contribution >= 0.6 is 0 Å². The number of carbonyl (C=O) groups is 2. The summed E-state index contributed by atoms with van der Waals surface area (Å²) in [4.78, 5) is 53.5. The molecular formula is C23H26N8O3. The van der Waals surface area contributed by atoms with Crippen molar-refractivity contribution in [3.63, 3.8) is 0 Å². The molecular weight excluding hydrogens is 436 g/mol. The molecule has 3 aliphatic rings. The number of likely N-dealkylation sites (tertiary alicyclic amines) is 1. The second-order valence-electron chi connectivity index (χ2n) is 8.78. The van der Waals surface area contributed by atoms with Crippen molar-refractivity contribution in [2.45, 2.75) is 51.5 Å². The Labute approximate surface area is 196 Å². The fourth-order valence-electron chi connectivity index (χ4n) is 4.63. The van der Waals surface area contributed by atoms with Crippen LogP contribution in [0.25, 0.3) is 16.6 Å². The number of aromatic nitrogens is 2. The minimum absolute atomic E-state index is 0.0147. The first-order chi connectivity index (χ1) is 16.5. The fourth-order valence-corrected chi connectivity index (χ4v) is 4.63. The molecule has 1 saturated heterocycles. The van der Waals surface area contributed by atoms with E-state index < -0.39 is 6.04 Å². The number of urea groups is 1. The van der Waals surface area contributed by atoms with E-state index in [0.29, 0.717) is 43.5 Å². The third kappa shape index (κ3) is 3.87. The summed E-state index contributed by atoms with van der Waals surface area (Å²) in [6.45, 7) is 4.75. The average molecular weight is 463 g/mol. The van der Waals surface area contributed by atoms with Gasteiger partial charge in [0.2, 0.25) is 0 Å². The van der Waals surface area contributed by atoms with Crippen LogP contribution in [0.2, 0.25) is 0 Å². The number of rotatable bonds is 4. The molecule has 2 N–H and O–H groups in total. The lowest BCUT2D eigenvalue weighted by Crippen LogP contribution is -2.54. The summed E-state index contributed by atoms with van der Waals surface area (Å²) in [7, 11) is 0. The van der Waals surface area contributed by atoms with Crippen LogP contribution < -0.4 is 15.5 Å². The van der Waals surface area contributed by atoms with Gasteiger partial charge in [-0.25, -0.2) is 9.78 Å². The first kappa shape index (κ1) is 21.9. The molecule has 11 heteroatoms. The SMILES string of the molecule is CC1N=CC(c2ccc3ncc4c(c3n2)N(C2CCN(C(=O)[C@H](C)N=O)CC2)C(=O)NC4)=CN1. The molecule has 0 radical (unpaired) electrons. The highest BCUT2D eigenvalue weighted by molar-refractivity contribution is 6.11. The quantitative estimate of drug-likeness (QED) is 0.669. The summed E-state index contributed by atoms with van der Waals surface area (Å²) in [6, 6.07) is 2.61. The summed E-state index contributed by atoms with van der Waals surface area (Å²) < 4.78 is 0. The minimum atomic E-state index is -0.900. The van der Waals surface area contributed by atoms with Gasteiger partial charge >= 0.3 is 6.03 Å². The molecule has 176 valence electrons. The first-order valence-corrected chi connectivity index (χ1v) is 11.4. The van der Waals surface area contributed by atoms with Gasteiger partial charge in [-0.3, -0.25) is 19.7 Å². The van der Waals surface area contributed by atoms with Crippen molar-refractivity contribution in [3.05, 3.63) is 40.7 Å². The fraction of sp³-hybridized carbons (Fsp3) is 0.435. The molecule has 5 heterocycles. The number of fused-ring (bicyclic) bond motifs is 3. The Morgan fingerprint density at radius 1 is 1.26 bits per heavy atom. The maximum atomic E-state index is 13.1. The van der Waals surface area contributed by atoms with Gasteiger partial charge in [-0.2, -0.15) is 0 Å². The third-order valence-corrected chi connectivity index (χ3v) is 6.52. The molecule has 34 heavy (non-hydrogen) atoms. The molecule has 0 aromatic carbocycles. The average Bonchev–Trinajstić information content (AvgIpc) is 2.88. The molecule has 0 spiro atoms. The number of pyridine rings is 2. The summed E-state index contributed by atoms with van der Waals surface area (Å²) in [6.07, 6.45) is 6.67. The Hall–Kier alpha value is -3.89. The zero-order valence-electron chi connectivity index (χ0n) is 19.1. The van der Waals surface area contributed by atoms with E-state index in [9.17, 15) is 14.5 Å². The number of nitrogens with zero attached hydrogens (tertiary/aromatic N) is 6. The highest BCUT2D eigenvalue weighted by atomic mass is 16.3. The molecule has 5 rings (SSSR count). The van der Waals surface area contributed by atoms with Gasteiger partial charge in [0.25, 0.3) is 5.91 Å². The van der Waals surface area contributed by atoms with E-state index in [1.54, 1.807) is 22.2 Å². The van der Waals surface area contributed by atoms with Gasteiger partial charge in [0.1, 0.15) is 11.7 Å². The maximum Gasteiger partial charge on any atom is 0.322 e. The maximum absolute atomic E-state index is 13.1. The normalized spacial score (nSPS) is 21.4. The van der Waals surface area contributed by atoms with E-state index in [1.807, 2.05) is 25.3 Å². The van der Waals surface area contributed by atoms with Crippen LogP contribution in [0.4, 0.5) is 10.5 Å². The molecule has 2 atom stereocenters. The largest absolute Gasteiger partial charge is 0.369 e. The Bertz CT molecular complexity index is 1220. The molecule has 11 nitrogen and oxygen atoms in total. The number of anilines is 1. The number of aliphatic imine (C=N–C) groups is 1. The highest BCUT2D eigenvalue weighted by Crippen LogP contribution is 2.35. The number of hydrogen-bond acceptors (Lipinski definition) is 8. The number of hydrogen-bond donors (Lipinski definition) is 2. The van der Waals surface area contributed by atoms with Crippen molar-refractivity contribution in [1.82, 2.24) is 25.5 Å². The summed E-state index contributed by atoms with van der Waals surface area (Å²) in [5.74, 6) is -0.275. The van der Waals surface area contributed by atoms with Crippen LogP contribution in [0, 0.1) is 4.91 Å². The van der Waals surface area contributed by atoms with Gasteiger partial charge in [0, 0.05) is 55.4 Å². The van der Waals surface area contributed by atoms with E-state index in [-0.39, 0.29) is 24.1 Å². The van der Waals surface area contributed by atoms with Crippen LogP contribution in [0.15, 0.2) is 34.7 Å². The monoisotopic (exact) mass is 462 g/mol. The lowest BCUT2D eigenvalue weighted by molar-refractivity contribution is -0.133. The molecule has 3 amide bonds. The second-order valence-corrected chi connectivity index (χ2v) is 8.78. The zero-order valence-corrected chi connectivity index (χ0v) is 19.1. The van der Waals surface area contributed by atoms with E-state index in [1.165, 1.54) is 6.92 Å². The van der Waals surface area contributed by atoms with Gasteiger partial charge in [-0.05, 0) is 38.8 Å². The standard InChI is InChI=1S/C23H26N8O3/c1-13(29-34)22(32)30-7-5-17(6-8-30)31-21-16(12-27-23(31)33)11-26-19-4-3-18(28-20(19)21)15-9-24-14(2)25-10-15/h3-4,9-11,13-14,17,24H,5-8,12H2,1-2H3,(H,27,33)/t13-,14?/m0/s1. The van der Waals surface area contributed by atoms with Crippen LogP contribution in [0.1, 0.15) is 37.9 Å². The van der Waals surface area contributed by atoms with Crippen molar-refractivity contribution in [2.24, 2.45) is 10.2 Å². The molecule has 0 saturated carbocycles. The number of carbonyl (C=O) groups excluding carboxylic acids is 2. The number of amides is 3. The number of allylic oxidation sites excluding steroid dienone is 1.